The van der Waals surface area contributed by atoms with Gasteiger partial charge in [0.05, 0.1) is 33.2 Å². The Morgan fingerprint density at radius 1 is 0.931 bits per heavy atom. The summed E-state index contributed by atoms with van der Waals surface area (Å²) < 4.78 is 66.3. The number of hydrogen-bond acceptors (Lipinski definition) is 12. The second-order valence-corrected chi connectivity index (χ2v) is 14.9. The molecular weight excluding hydrogens is 781 g/mol. The molecule has 7 rings (SSSR count). The Bertz CT molecular complexity index is 2760. The summed E-state index contributed by atoms with van der Waals surface area (Å²) in [5, 5.41) is 11.8. The number of aryl methyl sites for hydroxylation is 1. The van der Waals surface area contributed by atoms with Crippen molar-refractivity contribution < 1.29 is 36.7 Å². The topological polar surface area (TPSA) is 229 Å². The molecule has 4 N–H and O–H groups in total. The number of rotatable bonds is 11. The number of anilines is 1. The van der Waals surface area contributed by atoms with Crippen molar-refractivity contribution in [3.63, 3.8) is 0 Å². The fourth-order valence-electron chi connectivity index (χ4n) is 6.41. The van der Waals surface area contributed by atoms with Gasteiger partial charge in [-0.25, -0.2) is 47.0 Å². The minimum Gasteiger partial charge on any atom is -0.381 e. The van der Waals surface area contributed by atoms with Crippen molar-refractivity contribution in [2.45, 2.75) is 36.1 Å². The quantitative estimate of drug-likeness (QED) is 0.109. The van der Waals surface area contributed by atoms with Gasteiger partial charge in [-0.15, -0.1) is 0 Å². The van der Waals surface area contributed by atoms with E-state index in [9.17, 15) is 32.8 Å². The van der Waals surface area contributed by atoms with Crippen LogP contribution in [0.2, 0.25) is 0 Å². The van der Waals surface area contributed by atoms with Crippen LogP contribution in [0.4, 0.5) is 14.5 Å². The zero-order valence-electron chi connectivity index (χ0n) is 30.4. The fourth-order valence-corrected chi connectivity index (χ4v) is 7.47. The van der Waals surface area contributed by atoms with Crippen molar-refractivity contribution in [3.8, 4) is 16.9 Å². The predicted octanol–water partition coefficient (Wildman–Crippen LogP) is 2.76. The van der Waals surface area contributed by atoms with E-state index in [0.29, 0.717) is 47.8 Å². The Morgan fingerprint density at radius 2 is 1.66 bits per heavy atom. The average molecular weight is 814 g/mol. The normalized spacial score (nSPS) is 13.9. The number of ether oxygens (including phenoxy) is 1. The molecule has 2 aromatic carbocycles. The molecule has 4 aromatic heterocycles. The lowest BCUT2D eigenvalue weighted by atomic mass is 9.99. The van der Waals surface area contributed by atoms with Gasteiger partial charge in [-0.05, 0) is 54.3 Å². The van der Waals surface area contributed by atoms with E-state index in [4.69, 9.17) is 4.74 Å². The summed E-state index contributed by atoms with van der Waals surface area (Å²) in [6.07, 6.45) is 8.59. The van der Waals surface area contributed by atoms with Crippen molar-refractivity contribution in [1.29, 1.82) is 0 Å². The van der Waals surface area contributed by atoms with Crippen molar-refractivity contribution in [1.82, 2.24) is 39.9 Å². The molecule has 0 spiro atoms. The highest BCUT2D eigenvalue weighted by molar-refractivity contribution is 7.92. The Morgan fingerprint density at radius 3 is 2.33 bits per heavy atom. The van der Waals surface area contributed by atoms with Crippen molar-refractivity contribution >= 4 is 38.4 Å². The maximum atomic E-state index is 15.3. The van der Waals surface area contributed by atoms with Crippen molar-refractivity contribution in [2.75, 3.05) is 17.9 Å². The molecule has 20 heteroatoms. The van der Waals surface area contributed by atoms with Gasteiger partial charge >= 0.3 is 5.69 Å². The lowest BCUT2D eigenvalue weighted by Gasteiger charge is -2.20. The molecule has 6 aromatic rings. The van der Waals surface area contributed by atoms with E-state index < -0.39 is 62.0 Å². The molecule has 0 aliphatic carbocycles. The number of hydroxylamine groups is 1. The van der Waals surface area contributed by atoms with Crippen molar-refractivity contribution in [3.05, 3.63) is 135 Å². The van der Waals surface area contributed by atoms with Crippen LogP contribution in [0.25, 0.3) is 27.8 Å². The van der Waals surface area contributed by atoms with E-state index in [-0.39, 0.29) is 34.0 Å². The minimum atomic E-state index is -4.44. The van der Waals surface area contributed by atoms with Crippen LogP contribution in [0.3, 0.4) is 0 Å². The summed E-state index contributed by atoms with van der Waals surface area (Å²) >= 11 is 0. The zero-order valence-corrected chi connectivity index (χ0v) is 31.2. The fraction of sp³-hybridized carbons (Fsp3) is 0.211. The number of aromatic nitrogens is 6. The molecule has 0 radical (unpaired) electrons. The Balaban J connectivity index is 1.03. The molecule has 298 valence electrons. The van der Waals surface area contributed by atoms with Gasteiger partial charge in [-0.3, -0.25) is 33.9 Å². The highest BCUT2D eigenvalue weighted by Crippen LogP contribution is 2.27. The Kier molecular flexibility index (Phi) is 11.1. The standard InChI is InChI=1S/C38H33F2N9O8S/c1-48-32-20-41-11-8-26(32)37(52)49(38(48)53)33-7-2-21(17-42-33)14-31(36(51)46-54)45-35(50)27-15-29(40)30(16-28(27)39)47-58(55,56)25-5-3-22(4-6-25)24-18-43-34(44-19-24)23-9-12-57-13-10-23/h2-8,11,15-20,23,31,47,54H,9-10,12-14H2,1H3,(H,45,50)(H,46,51). The molecule has 1 aliphatic heterocycles. The molecule has 1 saturated heterocycles. The second-order valence-electron chi connectivity index (χ2n) is 13.3. The van der Waals surface area contributed by atoms with Gasteiger partial charge in [0.15, 0.2) is 0 Å². The number of carbonyl (C=O) groups is 2. The van der Waals surface area contributed by atoms with Crippen LogP contribution in [0, 0.1) is 11.6 Å². The van der Waals surface area contributed by atoms with Gasteiger partial charge in [0.2, 0.25) is 0 Å². The van der Waals surface area contributed by atoms with E-state index in [2.05, 4.69) is 25.3 Å². The van der Waals surface area contributed by atoms with Crippen LogP contribution in [0.5, 0.6) is 0 Å². The monoisotopic (exact) mass is 813 g/mol. The first kappa shape index (κ1) is 39.5. The third-order valence-corrected chi connectivity index (χ3v) is 11.0. The molecule has 2 amide bonds. The van der Waals surface area contributed by atoms with Gasteiger partial charge < -0.3 is 10.1 Å². The average Bonchev–Trinajstić information content (AvgIpc) is 3.24. The summed E-state index contributed by atoms with van der Waals surface area (Å²) in [7, 11) is -2.98. The number of hydrogen-bond donors (Lipinski definition) is 4. The number of benzene rings is 2. The lowest BCUT2D eigenvalue weighted by molar-refractivity contribution is -0.131. The summed E-state index contributed by atoms with van der Waals surface area (Å²) in [4.78, 5) is 68.6. The van der Waals surface area contributed by atoms with Crippen molar-refractivity contribution in [2.24, 2.45) is 7.05 Å². The van der Waals surface area contributed by atoms with E-state index in [1.165, 1.54) is 78.1 Å². The van der Waals surface area contributed by atoms with Crippen LogP contribution < -0.4 is 26.8 Å². The van der Waals surface area contributed by atoms with E-state index >= 15 is 8.78 Å². The van der Waals surface area contributed by atoms with E-state index in [1.54, 1.807) is 12.4 Å². The summed E-state index contributed by atoms with van der Waals surface area (Å²) in [5.41, 5.74) is 0.238. The Labute approximate surface area is 327 Å². The van der Waals surface area contributed by atoms with Crippen LogP contribution in [0.15, 0.2) is 100 Å². The van der Waals surface area contributed by atoms with Crippen LogP contribution in [0.1, 0.15) is 40.5 Å². The van der Waals surface area contributed by atoms with Crippen LogP contribution in [-0.4, -0.2) is 73.8 Å². The first-order valence-electron chi connectivity index (χ1n) is 17.6. The van der Waals surface area contributed by atoms with Gasteiger partial charge in [0, 0.05) is 69.0 Å². The third-order valence-electron chi connectivity index (χ3n) is 9.59. The molecule has 5 heterocycles. The maximum absolute atomic E-state index is 15.3. The maximum Gasteiger partial charge on any atom is 0.337 e. The number of nitrogens with one attached hydrogen (secondary N) is 3. The smallest absolute Gasteiger partial charge is 0.337 e. The third kappa shape index (κ3) is 8.06. The Hall–Kier alpha value is -6.77. The van der Waals surface area contributed by atoms with Crippen LogP contribution in [-0.2, 0) is 33.0 Å². The first-order valence-corrected chi connectivity index (χ1v) is 19.1. The highest BCUT2D eigenvalue weighted by Gasteiger charge is 2.26. The molecular formula is C38H33F2N9O8S. The largest absolute Gasteiger partial charge is 0.381 e. The molecule has 0 bridgehead atoms. The summed E-state index contributed by atoms with van der Waals surface area (Å²) in [5.74, 6) is -4.18. The van der Waals surface area contributed by atoms with Gasteiger partial charge in [0.25, 0.3) is 27.4 Å². The molecule has 1 atom stereocenters. The first-order chi connectivity index (χ1) is 27.8. The number of carbonyl (C=O) groups excluding carboxylic acids is 2. The SMILES string of the molecule is Cn1c(=O)n(-c2ccc(CC(NC(=O)c3cc(F)c(NS(=O)(=O)c4ccc(-c5cnc(C6CCOCC6)nc5)cc4)cc3F)C(=O)NO)cn2)c(=O)c2ccncc21. The van der Waals surface area contributed by atoms with E-state index in [1.807, 2.05) is 4.72 Å². The predicted molar refractivity (Wildman–Crippen MR) is 203 cm³/mol. The van der Waals surface area contributed by atoms with Crippen LogP contribution >= 0.6 is 0 Å². The molecule has 58 heavy (non-hydrogen) atoms. The number of pyridine rings is 2. The number of nitrogens with zero attached hydrogens (tertiary/aromatic N) is 6. The van der Waals surface area contributed by atoms with Gasteiger partial charge in [0.1, 0.15) is 29.3 Å². The molecule has 1 unspecified atom stereocenters. The molecule has 1 aliphatic rings. The number of amides is 2. The number of sulfonamides is 1. The number of halogens is 2. The number of fused-ring (bicyclic) bond motifs is 1. The van der Waals surface area contributed by atoms with Gasteiger partial charge in [-0.2, -0.15) is 0 Å². The second kappa shape index (κ2) is 16.4. The summed E-state index contributed by atoms with van der Waals surface area (Å²) in [6.45, 7) is 1.28. The minimum absolute atomic E-state index is 0.0486. The van der Waals surface area contributed by atoms with Gasteiger partial charge in [-0.1, -0.05) is 18.2 Å². The molecule has 1 fully saturated rings. The van der Waals surface area contributed by atoms with E-state index in [0.717, 1.165) is 17.4 Å². The lowest BCUT2D eigenvalue weighted by Crippen LogP contribution is -2.47. The molecule has 17 nitrogen and oxygen atoms in total. The zero-order chi connectivity index (χ0) is 41.1. The molecule has 0 saturated carbocycles. The highest BCUT2D eigenvalue weighted by atomic mass is 32.2. The summed E-state index contributed by atoms with van der Waals surface area (Å²) in [6, 6.07) is 9.14.